The Morgan fingerprint density at radius 3 is 2.62 bits per heavy atom. The molecule has 0 bridgehead atoms. The SMILES string of the molecule is Cc1c(C(=O)Nc2cccc(C(=O)NC3CC3)c2)oc2c(F)cccc12. The number of carbonyl (C=O) groups excluding carboxylic acids is 2. The highest BCUT2D eigenvalue weighted by Gasteiger charge is 2.24. The van der Waals surface area contributed by atoms with E-state index in [0.29, 0.717) is 22.2 Å². The molecule has 6 heteroatoms. The van der Waals surface area contributed by atoms with Crippen molar-refractivity contribution in [2.24, 2.45) is 0 Å². The Hall–Kier alpha value is -3.15. The molecule has 2 N–H and O–H groups in total. The van der Waals surface area contributed by atoms with Crippen LogP contribution in [0.2, 0.25) is 0 Å². The van der Waals surface area contributed by atoms with Crippen LogP contribution in [0.5, 0.6) is 0 Å². The quantitative estimate of drug-likeness (QED) is 0.745. The number of fused-ring (bicyclic) bond motifs is 1. The molecule has 0 unspecified atom stereocenters. The second-order valence-electron chi connectivity index (χ2n) is 6.46. The maximum atomic E-state index is 13.9. The summed E-state index contributed by atoms with van der Waals surface area (Å²) in [4.78, 5) is 24.7. The molecule has 5 nitrogen and oxygen atoms in total. The van der Waals surface area contributed by atoms with Gasteiger partial charge in [-0.05, 0) is 44.0 Å². The van der Waals surface area contributed by atoms with Gasteiger partial charge in [-0.15, -0.1) is 0 Å². The van der Waals surface area contributed by atoms with E-state index in [1.54, 1.807) is 43.3 Å². The molecule has 0 aliphatic heterocycles. The number of nitrogens with one attached hydrogen (secondary N) is 2. The topological polar surface area (TPSA) is 71.3 Å². The minimum Gasteiger partial charge on any atom is -0.448 e. The number of carbonyl (C=O) groups is 2. The number of para-hydroxylation sites is 1. The second kappa shape index (κ2) is 6.29. The highest BCUT2D eigenvalue weighted by atomic mass is 19.1. The zero-order valence-electron chi connectivity index (χ0n) is 14.1. The largest absolute Gasteiger partial charge is 0.448 e. The average molecular weight is 352 g/mol. The molecule has 0 atom stereocenters. The summed E-state index contributed by atoms with van der Waals surface area (Å²) in [5.74, 6) is -1.11. The predicted molar refractivity (Wildman–Crippen MR) is 95.8 cm³/mol. The van der Waals surface area contributed by atoms with Crippen molar-refractivity contribution in [2.75, 3.05) is 5.32 Å². The fourth-order valence-corrected chi connectivity index (χ4v) is 2.85. The third kappa shape index (κ3) is 3.06. The Morgan fingerprint density at radius 2 is 1.88 bits per heavy atom. The van der Waals surface area contributed by atoms with E-state index >= 15 is 0 Å². The van der Waals surface area contributed by atoms with E-state index in [1.807, 2.05) is 0 Å². The molecule has 26 heavy (non-hydrogen) atoms. The van der Waals surface area contributed by atoms with E-state index in [-0.39, 0.29) is 23.3 Å². The number of halogens is 1. The highest BCUT2D eigenvalue weighted by molar-refractivity contribution is 6.07. The van der Waals surface area contributed by atoms with E-state index in [9.17, 15) is 14.0 Å². The van der Waals surface area contributed by atoms with Gasteiger partial charge >= 0.3 is 0 Å². The Kier molecular flexibility index (Phi) is 3.95. The molecular formula is C20H17FN2O3. The lowest BCUT2D eigenvalue weighted by Crippen LogP contribution is -2.25. The summed E-state index contributed by atoms with van der Waals surface area (Å²) in [5.41, 5.74) is 1.58. The Balaban J connectivity index is 1.57. The number of benzene rings is 2. The van der Waals surface area contributed by atoms with Crippen LogP contribution in [-0.4, -0.2) is 17.9 Å². The number of amides is 2. The molecule has 1 aliphatic carbocycles. The lowest BCUT2D eigenvalue weighted by Gasteiger charge is -2.07. The van der Waals surface area contributed by atoms with Crippen LogP contribution in [0.25, 0.3) is 11.0 Å². The van der Waals surface area contributed by atoms with Crippen LogP contribution >= 0.6 is 0 Å². The Bertz CT molecular complexity index is 1020. The van der Waals surface area contributed by atoms with Crippen LogP contribution in [0.1, 0.15) is 39.3 Å². The smallest absolute Gasteiger partial charge is 0.291 e. The molecule has 132 valence electrons. The minimum absolute atomic E-state index is 0.0536. The Labute approximate surface area is 149 Å². The summed E-state index contributed by atoms with van der Waals surface area (Å²) in [6.07, 6.45) is 2.01. The number of rotatable bonds is 4. The Morgan fingerprint density at radius 1 is 1.12 bits per heavy atom. The molecule has 0 saturated heterocycles. The van der Waals surface area contributed by atoms with Crippen molar-refractivity contribution in [1.82, 2.24) is 5.32 Å². The zero-order chi connectivity index (χ0) is 18.3. The molecule has 0 radical (unpaired) electrons. The summed E-state index contributed by atoms with van der Waals surface area (Å²) < 4.78 is 19.3. The van der Waals surface area contributed by atoms with Crippen molar-refractivity contribution in [1.29, 1.82) is 0 Å². The predicted octanol–water partition coefficient (Wildman–Crippen LogP) is 4.02. The molecule has 3 aromatic rings. The van der Waals surface area contributed by atoms with Crippen molar-refractivity contribution in [3.05, 3.63) is 65.2 Å². The molecule has 0 spiro atoms. The number of anilines is 1. The first-order chi connectivity index (χ1) is 12.5. The molecule has 1 aliphatic rings. The van der Waals surface area contributed by atoms with Gasteiger partial charge in [-0.2, -0.15) is 0 Å². The van der Waals surface area contributed by atoms with Crippen LogP contribution in [0.4, 0.5) is 10.1 Å². The monoisotopic (exact) mass is 352 g/mol. The van der Waals surface area contributed by atoms with Crippen LogP contribution in [0, 0.1) is 12.7 Å². The number of hydrogen-bond acceptors (Lipinski definition) is 3. The van der Waals surface area contributed by atoms with Crippen LogP contribution in [0.3, 0.4) is 0 Å². The van der Waals surface area contributed by atoms with Gasteiger partial charge in [0.25, 0.3) is 11.8 Å². The maximum Gasteiger partial charge on any atom is 0.291 e. The van der Waals surface area contributed by atoms with Gasteiger partial charge in [0.15, 0.2) is 17.2 Å². The number of furan rings is 1. The third-order valence-electron chi connectivity index (χ3n) is 4.42. The van der Waals surface area contributed by atoms with Gasteiger partial charge in [0, 0.05) is 28.2 Å². The summed E-state index contributed by atoms with van der Waals surface area (Å²) >= 11 is 0. The van der Waals surface area contributed by atoms with Gasteiger partial charge in [-0.25, -0.2) is 4.39 Å². The molecule has 1 fully saturated rings. The number of aryl methyl sites for hydroxylation is 1. The van der Waals surface area contributed by atoms with Crippen LogP contribution in [0.15, 0.2) is 46.9 Å². The second-order valence-corrected chi connectivity index (χ2v) is 6.46. The van der Waals surface area contributed by atoms with Gasteiger partial charge < -0.3 is 15.1 Å². The van der Waals surface area contributed by atoms with Crippen molar-refractivity contribution < 1.29 is 18.4 Å². The van der Waals surface area contributed by atoms with E-state index < -0.39 is 11.7 Å². The van der Waals surface area contributed by atoms with E-state index in [0.717, 1.165) is 12.8 Å². The van der Waals surface area contributed by atoms with E-state index in [1.165, 1.54) is 6.07 Å². The summed E-state index contributed by atoms with van der Waals surface area (Å²) in [6.45, 7) is 1.71. The molecule has 2 aromatic carbocycles. The van der Waals surface area contributed by atoms with E-state index in [2.05, 4.69) is 10.6 Å². The standard InChI is InChI=1S/C20H17FN2O3/c1-11-15-6-3-7-16(21)18(15)26-17(11)20(25)23-14-5-2-4-12(10-14)19(24)22-13-8-9-13/h2-7,10,13H,8-9H2,1H3,(H,22,24)(H,23,25). The zero-order valence-corrected chi connectivity index (χ0v) is 14.1. The highest BCUT2D eigenvalue weighted by Crippen LogP contribution is 2.28. The van der Waals surface area contributed by atoms with Crippen molar-refractivity contribution in [2.45, 2.75) is 25.8 Å². The molecule has 1 saturated carbocycles. The molecule has 1 aromatic heterocycles. The fraction of sp³-hybridized carbons (Fsp3) is 0.200. The lowest BCUT2D eigenvalue weighted by molar-refractivity contribution is 0.0949. The van der Waals surface area contributed by atoms with Crippen molar-refractivity contribution >= 4 is 28.5 Å². The molecule has 2 amide bonds. The first-order valence-electron chi connectivity index (χ1n) is 8.43. The third-order valence-corrected chi connectivity index (χ3v) is 4.42. The van der Waals surface area contributed by atoms with Gasteiger partial charge in [-0.3, -0.25) is 9.59 Å². The van der Waals surface area contributed by atoms with Crippen LogP contribution < -0.4 is 10.6 Å². The molecule has 1 heterocycles. The van der Waals surface area contributed by atoms with E-state index in [4.69, 9.17) is 4.42 Å². The summed E-state index contributed by atoms with van der Waals surface area (Å²) in [5, 5.41) is 6.17. The van der Waals surface area contributed by atoms with Crippen molar-refractivity contribution in [3.8, 4) is 0 Å². The van der Waals surface area contributed by atoms with Gasteiger partial charge in [-0.1, -0.05) is 18.2 Å². The van der Waals surface area contributed by atoms with Gasteiger partial charge in [0.1, 0.15) is 0 Å². The summed E-state index contributed by atoms with van der Waals surface area (Å²) in [6, 6.07) is 11.5. The first-order valence-corrected chi connectivity index (χ1v) is 8.43. The fourth-order valence-electron chi connectivity index (χ4n) is 2.85. The first kappa shape index (κ1) is 16.3. The number of hydrogen-bond donors (Lipinski definition) is 2. The average Bonchev–Trinajstić information content (AvgIpc) is 3.37. The maximum absolute atomic E-state index is 13.9. The molecular weight excluding hydrogens is 335 g/mol. The lowest BCUT2D eigenvalue weighted by atomic mass is 10.1. The van der Waals surface area contributed by atoms with Crippen LogP contribution in [-0.2, 0) is 0 Å². The normalized spacial score (nSPS) is 13.6. The van der Waals surface area contributed by atoms with Gasteiger partial charge in [0.05, 0.1) is 0 Å². The van der Waals surface area contributed by atoms with Crippen molar-refractivity contribution in [3.63, 3.8) is 0 Å². The summed E-state index contributed by atoms with van der Waals surface area (Å²) in [7, 11) is 0. The van der Waals surface area contributed by atoms with Gasteiger partial charge in [0.2, 0.25) is 0 Å². The minimum atomic E-state index is -0.511. The molecule has 4 rings (SSSR count).